The van der Waals surface area contributed by atoms with E-state index in [0.717, 1.165) is 34.6 Å². The number of carbonyl (C=O) groups is 6. The summed E-state index contributed by atoms with van der Waals surface area (Å²) in [5.41, 5.74) is 0. The molecule has 0 unspecified atom stereocenters. The van der Waals surface area contributed by atoms with Gasteiger partial charge in [-0.25, -0.2) is 0 Å². The standard InChI is InChI=1S/C20H29NO12/c1-7-14(29-10(3)23)19(27)21-20-18(32-13(6)26)17(31-12(5)25)16(30-11(4)24)15(33-20)8-28-9(2)22/h14-18,20H,7-8H2,1-6H3,(H,21,27)/t14-,15-,16-,17+,18-,20-/m1/s1. The zero-order chi connectivity index (χ0) is 25.3. The fraction of sp³-hybridized carbons (Fsp3) is 0.700. The number of ether oxygens (including phenoxy) is 6. The zero-order valence-electron chi connectivity index (χ0n) is 19.3. The summed E-state index contributed by atoms with van der Waals surface area (Å²) in [6, 6.07) is 0. The van der Waals surface area contributed by atoms with Crippen LogP contribution in [0.25, 0.3) is 0 Å². The minimum absolute atomic E-state index is 0.122. The van der Waals surface area contributed by atoms with Crippen LogP contribution in [0.15, 0.2) is 0 Å². The Balaban J connectivity index is 3.36. The second-order valence-electron chi connectivity index (χ2n) is 7.13. The van der Waals surface area contributed by atoms with Gasteiger partial charge in [-0.3, -0.25) is 28.8 Å². The fourth-order valence-corrected chi connectivity index (χ4v) is 3.10. The summed E-state index contributed by atoms with van der Waals surface area (Å²) in [4.78, 5) is 70.5. The average Bonchev–Trinajstić information content (AvgIpc) is 2.67. The Hall–Kier alpha value is -3.22. The highest BCUT2D eigenvalue weighted by Gasteiger charge is 2.52. The molecule has 0 saturated carbocycles. The molecule has 13 nitrogen and oxygen atoms in total. The molecular formula is C20H29NO12. The van der Waals surface area contributed by atoms with Crippen LogP contribution in [0.5, 0.6) is 0 Å². The first-order valence-corrected chi connectivity index (χ1v) is 10.1. The van der Waals surface area contributed by atoms with Gasteiger partial charge in [0, 0.05) is 34.6 Å². The normalized spacial score (nSPS) is 25.1. The number of amides is 1. The maximum absolute atomic E-state index is 12.7. The van der Waals surface area contributed by atoms with Crippen molar-refractivity contribution in [1.29, 1.82) is 0 Å². The van der Waals surface area contributed by atoms with Crippen molar-refractivity contribution in [3.05, 3.63) is 0 Å². The van der Waals surface area contributed by atoms with Crippen molar-refractivity contribution >= 4 is 35.8 Å². The monoisotopic (exact) mass is 475 g/mol. The van der Waals surface area contributed by atoms with Crippen molar-refractivity contribution in [2.24, 2.45) is 0 Å². The molecule has 1 N–H and O–H groups in total. The molecule has 1 aliphatic heterocycles. The van der Waals surface area contributed by atoms with Gasteiger partial charge in [0.2, 0.25) is 0 Å². The van der Waals surface area contributed by atoms with Gasteiger partial charge in [-0.05, 0) is 6.42 Å². The molecule has 1 aliphatic rings. The number of rotatable bonds is 9. The van der Waals surface area contributed by atoms with Gasteiger partial charge < -0.3 is 33.7 Å². The van der Waals surface area contributed by atoms with Crippen LogP contribution in [-0.2, 0) is 57.2 Å². The van der Waals surface area contributed by atoms with Gasteiger partial charge >= 0.3 is 29.8 Å². The SMILES string of the molecule is CC[C@@H](OC(C)=O)C(=O)N[C@@H]1O[C@H](COC(C)=O)[C@@H](OC(C)=O)[C@H](OC(C)=O)[C@H]1OC(C)=O. The summed E-state index contributed by atoms with van der Waals surface area (Å²) in [6.45, 7) is 6.67. The van der Waals surface area contributed by atoms with Crippen LogP contribution < -0.4 is 5.32 Å². The highest BCUT2D eigenvalue weighted by atomic mass is 16.7. The predicted molar refractivity (Wildman–Crippen MR) is 106 cm³/mol. The Labute approximate surface area is 190 Å². The molecule has 0 radical (unpaired) electrons. The topological polar surface area (TPSA) is 170 Å². The van der Waals surface area contributed by atoms with Crippen molar-refractivity contribution < 1.29 is 57.2 Å². The van der Waals surface area contributed by atoms with E-state index >= 15 is 0 Å². The molecule has 0 bridgehead atoms. The first-order chi connectivity index (χ1) is 15.3. The zero-order valence-corrected chi connectivity index (χ0v) is 19.3. The summed E-state index contributed by atoms with van der Waals surface area (Å²) in [7, 11) is 0. The molecule has 1 amide bonds. The highest BCUT2D eigenvalue weighted by molar-refractivity contribution is 5.83. The van der Waals surface area contributed by atoms with Crippen molar-refractivity contribution in [3.63, 3.8) is 0 Å². The largest absolute Gasteiger partial charge is 0.463 e. The summed E-state index contributed by atoms with van der Waals surface area (Å²) >= 11 is 0. The van der Waals surface area contributed by atoms with Crippen LogP contribution in [0.3, 0.4) is 0 Å². The lowest BCUT2D eigenvalue weighted by Gasteiger charge is -2.44. The number of nitrogens with one attached hydrogen (secondary N) is 1. The van der Waals surface area contributed by atoms with Gasteiger partial charge in [0.25, 0.3) is 5.91 Å². The van der Waals surface area contributed by atoms with Crippen molar-refractivity contribution in [1.82, 2.24) is 5.32 Å². The van der Waals surface area contributed by atoms with E-state index in [0.29, 0.717) is 0 Å². The molecule has 186 valence electrons. The van der Waals surface area contributed by atoms with Crippen molar-refractivity contribution in [3.8, 4) is 0 Å². The van der Waals surface area contributed by atoms with Gasteiger partial charge in [0.15, 0.2) is 30.6 Å². The quantitative estimate of drug-likeness (QED) is 0.336. The Bertz CT molecular complexity index is 766. The third-order valence-corrected chi connectivity index (χ3v) is 4.25. The van der Waals surface area contributed by atoms with Crippen LogP contribution >= 0.6 is 0 Å². The molecule has 1 saturated heterocycles. The van der Waals surface area contributed by atoms with Crippen molar-refractivity contribution in [2.45, 2.75) is 84.7 Å². The molecule has 33 heavy (non-hydrogen) atoms. The Morgan fingerprint density at radius 1 is 0.758 bits per heavy atom. The van der Waals surface area contributed by atoms with Crippen LogP contribution in [0.4, 0.5) is 0 Å². The van der Waals surface area contributed by atoms with E-state index in [9.17, 15) is 28.8 Å². The molecule has 0 aromatic carbocycles. The van der Waals surface area contributed by atoms with Crippen LogP contribution in [0.2, 0.25) is 0 Å². The van der Waals surface area contributed by atoms with E-state index in [1.165, 1.54) is 0 Å². The minimum Gasteiger partial charge on any atom is -0.463 e. The maximum atomic E-state index is 12.7. The highest BCUT2D eigenvalue weighted by Crippen LogP contribution is 2.28. The average molecular weight is 475 g/mol. The number of carbonyl (C=O) groups excluding carboxylic acids is 6. The van der Waals surface area contributed by atoms with Crippen LogP contribution in [0.1, 0.15) is 48.0 Å². The molecule has 0 aromatic heterocycles. The Morgan fingerprint density at radius 2 is 1.27 bits per heavy atom. The lowest BCUT2D eigenvalue weighted by Crippen LogP contribution is -2.66. The lowest BCUT2D eigenvalue weighted by atomic mass is 9.97. The number of hydrogen-bond donors (Lipinski definition) is 1. The molecule has 13 heteroatoms. The number of esters is 5. The molecule has 0 aromatic rings. The van der Waals surface area contributed by atoms with Gasteiger partial charge in [-0.2, -0.15) is 0 Å². The third kappa shape index (κ3) is 9.04. The van der Waals surface area contributed by atoms with E-state index in [4.69, 9.17) is 28.4 Å². The fourth-order valence-electron chi connectivity index (χ4n) is 3.10. The summed E-state index contributed by atoms with van der Waals surface area (Å²) in [6.07, 6.45) is -7.95. The summed E-state index contributed by atoms with van der Waals surface area (Å²) < 4.78 is 31.4. The van der Waals surface area contributed by atoms with Crippen molar-refractivity contribution in [2.75, 3.05) is 6.61 Å². The van der Waals surface area contributed by atoms with Crippen LogP contribution in [0, 0.1) is 0 Å². The van der Waals surface area contributed by atoms with Crippen LogP contribution in [-0.4, -0.2) is 79.1 Å². The molecule has 1 fully saturated rings. The van der Waals surface area contributed by atoms with Gasteiger partial charge in [-0.15, -0.1) is 0 Å². The predicted octanol–water partition coefficient (Wildman–Crippen LogP) is -0.473. The van der Waals surface area contributed by atoms with E-state index in [1.807, 2.05) is 0 Å². The lowest BCUT2D eigenvalue weighted by molar-refractivity contribution is -0.257. The van der Waals surface area contributed by atoms with Gasteiger partial charge in [0.05, 0.1) is 0 Å². The van der Waals surface area contributed by atoms with E-state index < -0.39 is 79.1 Å². The van der Waals surface area contributed by atoms with Gasteiger partial charge in [0.1, 0.15) is 12.7 Å². The maximum Gasteiger partial charge on any atom is 0.303 e. The Kier molecular flexibility index (Phi) is 10.7. The molecule has 0 aliphatic carbocycles. The van der Waals surface area contributed by atoms with E-state index in [-0.39, 0.29) is 6.42 Å². The Morgan fingerprint density at radius 3 is 1.73 bits per heavy atom. The smallest absolute Gasteiger partial charge is 0.303 e. The molecular weight excluding hydrogens is 446 g/mol. The molecule has 0 spiro atoms. The second-order valence-corrected chi connectivity index (χ2v) is 7.13. The molecule has 1 rings (SSSR count). The van der Waals surface area contributed by atoms with E-state index in [1.54, 1.807) is 6.92 Å². The first-order valence-electron chi connectivity index (χ1n) is 10.1. The number of hydrogen-bond acceptors (Lipinski definition) is 12. The second kappa shape index (κ2) is 12.7. The van der Waals surface area contributed by atoms with E-state index in [2.05, 4.69) is 5.32 Å². The summed E-state index contributed by atoms with van der Waals surface area (Å²) in [5.74, 6) is -4.55. The third-order valence-electron chi connectivity index (χ3n) is 4.25. The van der Waals surface area contributed by atoms with Gasteiger partial charge in [-0.1, -0.05) is 6.92 Å². The molecule has 6 atom stereocenters. The summed E-state index contributed by atoms with van der Waals surface area (Å²) in [5, 5.41) is 2.44. The minimum atomic E-state index is -1.46. The molecule has 1 heterocycles. The first kappa shape index (κ1) is 27.8.